The molecule has 1 aromatic rings. The van der Waals surface area contributed by atoms with E-state index in [1.165, 1.54) is 0 Å². The summed E-state index contributed by atoms with van der Waals surface area (Å²) in [6.07, 6.45) is 1.05. The molecule has 0 aromatic heterocycles. The molecular weight excluding hydrogens is 236 g/mol. The third kappa shape index (κ3) is 4.65. The molecule has 1 aromatic carbocycles. The van der Waals surface area contributed by atoms with Crippen LogP contribution in [0, 0.1) is 0 Å². The Kier molecular flexibility index (Phi) is 4.81. The lowest BCUT2D eigenvalue weighted by Crippen LogP contribution is -2.15. The normalized spacial score (nSPS) is 13.1. The Balaban J connectivity index is 2.68. The van der Waals surface area contributed by atoms with Crippen molar-refractivity contribution in [2.75, 3.05) is 15.8 Å². The van der Waals surface area contributed by atoms with Gasteiger partial charge in [-0.15, -0.1) is 0 Å². The van der Waals surface area contributed by atoms with Crippen LogP contribution >= 0.6 is 0 Å². The van der Waals surface area contributed by atoms with Gasteiger partial charge in [0.25, 0.3) is 0 Å². The minimum atomic E-state index is -3.18. The zero-order valence-electron chi connectivity index (χ0n) is 10.5. The van der Waals surface area contributed by atoms with E-state index >= 15 is 0 Å². The predicted octanol–water partition coefficient (Wildman–Crippen LogP) is 2.66. The first-order valence-corrected chi connectivity index (χ1v) is 7.49. The van der Waals surface area contributed by atoms with Crippen LogP contribution in [0.25, 0.3) is 0 Å². The number of hydrogen-bond acceptors (Lipinski definition) is 3. The molecule has 0 bridgehead atoms. The van der Waals surface area contributed by atoms with Gasteiger partial charge in [-0.3, -0.25) is 4.72 Å². The second kappa shape index (κ2) is 5.91. The summed E-state index contributed by atoms with van der Waals surface area (Å²) in [7, 11) is -3.18. The Morgan fingerprint density at radius 2 is 1.65 bits per heavy atom. The minimum absolute atomic E-state index is 0.0832. The quantitative estimate of drug-likeness (QED) is 0.822. The number of anilines is 2. The summed E-state index contributed by atoms with van der Waals surface area (Å²) >= 11 is 0. The fraction of sp³-hybridized carbons (Fsp3) is 0.500. The van der Waals surface area contributed by atoms with Crippen LogP contribution in [-0.4, -0.2) is 20.2 Å². The van der Waals surface area contributed by atoms with E-state index in [9.17, 15) is 8.42 Å². The molecule has 1 unspecified atom stereocenters. The van der Waals surface area contributed by atoms with Gasteiger partial charge in [0.05, 0.1) is 5.75 Å². The maximum atomic E-state index is 11.4. The highest BCUT2D eigenvalue weighted by Gasteiger charge is 2.06. The Hall–Kier alpha value is -1.23. The average Bonchev–Trinajstić information content (AvgIpc) is 2.31. The van der Waals surface area contributed by atoms with Gasteiger partial charge in [-0.25, -0.2) is 8.42 Å². The van der Waals surface area contributed by atoms with E-state index in [0.717, 1.165) is 12.1 Å². The Morgan fingerprint density at radius 3 is 2.12 bits per heavy atom. The molecule has 0 heterocycles. The Morgan fingerprint density at radius 1 is 1.12 bits per heavy atom. The van der Waals surface area contributed by atoms with E-state index in [0.29, 0.717) is 11.7 Å². The summed E-state index contributed by atoms with van der Waals surface area (Å²) in [5.41, 5.74) is 1.60. The second-order valence-corrected chi connectivity index (χ2v) is 6.05. The zero-order chi connectivity index (χ0) is 12.9. The molecular formula is C12H20N2O2S. The standard InChI is InChI=1S/C12H20N2O2S/c1-4-10(3)13-11-6-8-12(9-7-11)14-17(15,16)5-2/h6-10,13-14H,4-5H2,1-3H3. The van der Waals surface area contributed by atoms with Gasteiger partial charge in [0.2, 0.25) is 10.0 Å². The highest BCUT2D eigenvalue weighted by atomic mass is 32.2. The van der Waals surface area contributed by atoms with Crippen molar-refractivity contribution < 1.29 is 8.42 Å². The fourth-order valence-electron chi connectivity index (χ4n) is 1.27. The molecule has 0 amide bonds. The Bertz CT molecular complexity index is 440. The highest BCUT2D eigenvalue weighted by molar-refractivity contribution is 7.92. The summed E-state index contributed by atoms with van der Waals surface area (Å²) in [6, 6.07) is 7.68. The van der Waals surface area contributed by atoms with Gasteiger partial charge in [0.15, 0.2) is 0 Å². The van der Waals surface area contributed by atoms with Crippen molar-refractivity contribution in [2.24, 2.45) is 0 Å². The number of sulfonamides is 1. The van der Waals surface area contributed by atoms with Gasteiger partial charge in [0, 0.05) is 17.4 Å². The predicted molar refractivity (Wildman–Crippen MR) is 72.9 cm³/mol. The van der Waals surface area contributed by atoms with Crippen LogP contribution in [0.4, 0.5) is 11.4 Å². The molecule has 4 nitrogen and oxygen atoms in total. The first-order valence-electron chi connectivity index (χ1n) is 5.84. The van der Waals surface area contributed by atoms with Crippen LogP contribution in [0.1, 0.15) is 27.2 Å². The molecule has 0 fully saturated rings. The van der Waals surface area contributed by atoms with Crippen LogP contribution in [0.5, 0.6) is 0 Å². The van der Waals surface area contributed by atoms with Crippen LogP contribution in [0.2, 0.25) is 0 Å². The van der Waals surface area contributed by atoms with Gasteiger partial charge in [0.1, 0.15) is 0 Å². The monoisotopic (exact) mass is 256 g/mol. The van der Waals surface area contributed by atoms with E-state index in [1.54, 1.807) is 19.1 Å². The molecule has 0 aliphatic rings. The highest BCUT2D eigenvalue weighted by Crippen LogP contribution is 2.16. The van der Waals surface area contributed by atoms with Crippen molar-refractivity contribution in [2.45, 2.75) is 33.2 Å². The number of rotatable bonds is 6. The maximum Gasteiger partial charge on any atom is 0.232 e. The molecule has 17 heavy (non-hydrogen) atoms. The van der Waals surface area contributed by atoms with E-state index in [-0.39, 0.29) is 5.75 Å². The third-order valence-corrected chi connectivity index (χ3v) is 3.87. The summed E-state index contributed by atoms with van der Waals surface area (Å²) in [6.45, 7) is 5.83. The third-order valence-electron chi connectivity index (χ3n) is 2.56. The fourth-order valence-corrected chi connectivity index (χ4v) is 1.91. The lowest BCUT2D eigenvalue weighted by atomic mass is 10.2. The molecule has 96 valence electrons. The molecule has 1 atom stereocenters. The van der Waals surface area contributed by atoms with Crippen LogP contribution in [-0.2, 0) is 10.0 Å². The average molecular weight is 256 g/mol. The summed E-state index contributed by atoms with van der Waals surface area (Å²) in [5.74, 6) is 0.0832. The van der Waals surface area contributed by atoms with Gasteiger partial charge >= 0.3 is 0 Å². The molecule has 5 heteroatoms. The first kappa shape index (κ1) is 13.8. The zero-order valence-corrected chi connectivity index (χ0v) is 11.3. The van der Waals surface area contributed by atoms with Crippen LogP contribution in [0.15, 0.2) is 24.3 Å². The lowest BCUT2D eigenvalue weighted by Gasteiger charge is -2.13. The van der Waals surface area contributed by atoms with Crippen LogP contribution in [0.3, 0.4) is 0 Å². The van der Waals surface area contributed by atoms with E-state index in [1.807, 2.05) is 12.1 Å². The number of hydrogen-bond donors (Lipinski definition) is 2. The molecule has 2 N–H and O–H groups in total. The Labute approximate surface area is 103 Å². The van der Waals surface area contributed by atoms with Crippen molar-refractivity contribution in [1.29, 1.82) is 0 Å². The van der Waals surface area contributed by atoms with E-state index in [4.69, 9.17) is 0 Å². The van der Waals surface area contributed by atoms with Gasteiger partial charge in [-0.05, 0) is 44.5 Å². The molecule has 0 saturated heterocycles. The van der Waals surface area contributed by atoms with E-state index < -0.39 is 10.0 Å². The largest absolute Gasteiger partial charge is 0.383 e. The van der Waals surface area contributed by atoms with E-state index in [2.05, 4.69) is 23.9 Å². The number of benzene rings is 1. The number of nitrogens with one attached hydrogen (secondary N) is 2. The lowest BCUT2D eigenvalue weighted by molar-refractivity contribution is 0.602. The van der Waals surface area contributed by atoms with Crippen LogP contribution < -0.4 is 10.0 Å². The molecule has 0 radical (unpaired) electrons. The van der Waals surface area contributed by atoms with Gasteiger partial charge < -0.3 is 5.32 Å². The topological polar surface area (TPSA) is 58.2 Å². The summed E-state index contributed by atoms with van der Waals surface area (Å²) in [5, 5.41) is 3.32. The summed E-state index contributed by atoms with van der Waals surface area (Å²) < 4.78 is 25.2. The molecule has 0 spiro atoms. The summed E-state index contributed by atoms with van der Waals surface area (Å²) in [4.78, 5) is 0. The van der Waals surface area contributed by atoms with Crippen molar-refractivity contribution in [1.82, 2.24) is 0 Å². The van der Waals surface area contributed by atoms with Gasteiger partial charge in [-0.1, -0.05) is 6.92 Å². The van der Waals surface area contributed by atoms with Crippen molar-refractivity contribution in [3.05, 3.63) is 24.3 Å². The van der Waals surface area contributed by atoms with Gasteiger partial charge in [-0.2, -0.15) is 0 Å². The maximum absolute atomic E-state index is 11.4. The molecule has 0 saturated carbocycles. The first-order chi connectivity index (χ1) is 7.96. The molecule has 0 aliphatic heterocycles. The van der Waals surface area contributed by atoms with Crippen molar-refractivity contribution in [3.8, 4) is 0 Å². The molecule has 1 rings (SSSR count). The second-order valence-electron chi connectivity index (χ2n) is 4.04. The smallest absolute Gasteiger partial charge is 0.232 e. The van der Waals surface area contributed by atoms with Crippen molar-refractivity contribution in [3.63, 3.8) is 0 Å². The SMILES string of the molecule is CCC(C)Nc1ccc(NS(=O)(=O)CC)cc1. The van der Waals surface area contributed by atoms with Crippen molar-refractivity contribution >= 4 is 21.4 Å². The molecule has 0 aliphatic carbocycles. The minimum Gasteiger partial charge on any atom is -0.383 e.